The van der Waals surface area contributed by atoms with E-state index in [0.717, 1.165) is 34.6 Å². The zero-order valence-corrected chi connectivity index (χ0v) is 13.5. The van der Waals surface area contributed by atoms with E-state index < -0.39 is 26.2 Å². The Labute approximate surface area is 123 Å². The molecule has 21 heavy (non-hydrogen) atoms. The van der Waals surface area contributed by atoms with Gasteiger partial charge < -0.3 is 4.57 Å². The van der Waals surface area contributed by atoms with Crippen LogP contribution >= 0.6 is 0 Å². The van der Waals surface area contributed by atoms with E-state index in [-0.39, 0.29) is 11.5 Å². The zero-order valence-electron chi connectivity index (χ0n) is 12.7. The molecule has 1 unspecified atom stereocenters. The molecular weight excluding hydrogens is 294 g/mol. The van der Waals surface area contributed by atoms with Crippen LogP contribution in [0.25, 0.3) is 0 Å². The quantitative estimate of drug-likeness (QED) is 0.846. The lowest BCUT2D eigenvalue weighted by atomic mass is 9.92. The third kappa shape index (κ3) is 3.11. The highest BCUT2D eigenvalue weighted by Gasteiger charge is 2.34. The molecule has 118 valence electrons. The lowest BCUT2D eigenvalue weighted by Crippen LogP contribution is -2.43. The Morgan fingerprint density at radius 1 is 1.29 bits per heavy atom. The normalized spacial score (nSPS) is 21.6. The molecule has 2 rings (SSSR count). The van der Waals surface area contributed by atoms with Crippen LogP contribution in [0.4, 0.5) is 0 Å². The summed E-state index contributed by atoms with van der Waals surface area (Å²) in [5, 5.41) is 0. The Morgan fingerprint density at radius 3 is 2.43 bits per heavy atom. The number of hydrogen-bond donors (Lipinski definition) is 1. The molecule has 8 heteroatoms. The summed E-state index contributed by atoms with van der Waals surface area (Å²) >= 11 is 0. The number of aryl methyl sites for hydroxylation is 1. The molecular formula is C13H21N3O4S. The smallest absolute Gasteiger partial charge is 0.302 e. The summed E-state index contributed by atoms with van der Waals surface area (Å²) in [6, 6.07) is -0.174. The van der Waals surface area contributed by atoms with Crippen molar-refractivity contribution < 1.29 is 8.42 Å². The van der Waals surface area contributed by atoms with E-state index in [4.69, 9.17) is 0 Å². The Balaban J connectivity index is 2.38. The van der Waals surface area contributed by atoms with Gasteiger partial charge in [0.25, 0.3) is 5.56 Å². The summed E-state index contributed by atoms with van der Waals surface area (Å²) in [6.45, 7) is 4.18. The van der Waals surface area contributed by atoms with Gasteiger partial charge in [-0.25, -0.2) is 17.9 Å². The molecule has 0 saturated heterocycles. The number of sulfonamides is 1. The molecule has 0 aromatic carbocycles. The van der Waals surface area contributed by atoms with Crippen LogP contribution in [0.15, 0.2) is 20.7 Å². The fraction of sp³-hybridized carbons (Fsp3) is 0.692. The van der Waals surface area contributed by atoms with Crippen molar-refractivity contribution in [2.75, 3.05) is 0 Å². The molecule has 1 aliphatic rings. The highest BCUT2D eigenvalue weighted by molar-refractivity contribution is 7.89. The molecule has 0 amide bonds. The van der Waals surface area contributed by atoms with Crippen molar-refractivity contribution in [1.82, 2.24) is 13.9 Å². The highest BCUT2D eigenvalue weighted by Crippen LogP contribution is 2.37. The van der Waals surface area contributed by atoms with Crippen molar-refractivity contribution in [2.24, 2.45) is 19.5 Å². The predicted octanol–water partition coefficient (Wildman–Crippen LogP) is -0.0590. The predicted molar refractivity (Wildman–Crippen MR) is 78.7 cm³/mol. The summed E-state index contributed by atoms with van der Waals surface area (Å²) in [5.41, 5.74) is -1.26. The second-order valence-electron chi connectivity index (χ2n) is 6.48. The standard InChI is InChI=1S/C13H21N3O4S/c1-13(2)6-5-9(7-13)14-21(19,20)10-8-15(3)12(18)16(4)11(10)17/h8-9,14H,5-7H2,1-4H3. The molecule has 1 aliphatic carbocycles. The summed E-state index contributed by atoms with van der Waals surface area (Å²) in [6.07, 6.45) is 3.50. The van der Waals surface area contributed by atoms with Gasteiger partial charge in [-0.2, -0.15) is 0 Å². The Hall–Kier alpha value is -1.41. The minimum atomic E-state index is -3.93. The first-order chi connectivity index (χ1) is 9.53. The Bertz CT molecular complexity index is 774. The van der Waals surface area contributed by atoms with E-state index in [9.17, 15) is 18.0 Å². The lowest BCUT2D eigenvalue weighted by Gasteiger charge is -2.18. The second-order valence-corrected chi connectivity index (χ2v) is 8.16. The molecule has 1 aromatic rings. The van der Waals surface area contributed by atoms with E-state index >= 15 is 0 Å². The first-order valence-corrected chi connectivity index (χ1v) is 8.31. The van der Waals surface area contributed by atoms with Crippen LogP contribution in [0.3, 0.4) is 0 Å². The third-order valence-corrected chi connectivity index (χ3v) is 5.50. The molecule has 1 N–H and O–H groups in total. The maximum absolute atomic E-state index is 12.4. The van der Waals surface area contributed by atoms with Crippen LogP contribution in [0.5, 0.6) is 0 Å². The zero-order chi connectivity index (χ0) is 16.0. The molecule has 0 radical (unpaired) electrons. The van der Waals surface area contributed by atoms with Crippen molar-refractivity contribution in [2.45, 2.75) is 44.0 Å². The van der Waals surface area contributed by atoms with E-state index in [0.29, 0.717) is 0 Å². The third-order valence-electron chi connectivity index (χ3n) is 3.99. The van der Waals surface area contributed by atoms with Gasteiger partial charge in [0.2, 0.25) is 10.0 Å². The van der Waals surface area contributed by atoms with Gasteiger partial charge in [0.05, 0.1) is 0 Å². The fourth-order valence-corrected chi connectivity index (χ4v) is 4.21. The van der Waals surface area contributed by atoms with Crippen molar-refractivity contribution in [3.05, 3.63) is 27.0 Å². The van der Waals surface area contributed by atoms with Gasteiger partial charge in [-0.1, -0.05) is 13.8 Å². The lowest BCUT2D eigenvalue weighted by molar-refractivity contribution is 0.372. The van der Waals surface area contributed by atoms with E-state index in [1.54, 1.807) is 0 Å². The number of hydrogen-bond acceptors (Lipinski definition) is 4. The van der Waals surface area contributed by atoms with Crippen molar-refractivity contribution in [3.63, 3.8) is 0 Å². The molecule has 0 bridgehead atoms. The molecule has 0 aliphatic heterocycles. The van der Waals surface area contributed by atoms with Crippen LogP contribution in [0.1, 0.15) is 33.1 Å². The van der Waals surface area contributed by atoms with Gasteiger partial charge in [-0.3, -0.25) is 9.36 Å². The van der Waals surface area contributed by atoms with Gasteiger partial charge in [0, 0.05) is 26.3 Å². The fourth-order valence-electron chi connectivity index (χ4n) is 2.78. The van der Waals surface area contributed by atoms with Gasteiger partial charge in [0.1, 0.15) is 0 Å². The summed E-state index contributed by atoms with van der Waals surface area (Å²) < 4.78 is 29.3. The minimum Gasteiger partial charge on any atom is -0.302 e. The first-order valence-electron chi connectivity index (χ1n) is 6.82. The first kappa shape index (κ1) is 16.0. The van der Waals surface area contributed by atoms with E-state index in [1.165, 1.54) is 14.1 Å². The van der Waals surface area contributed by atoms with Gasteiger partial charge in [0.15, 0.2) is 4.90 Å². The van der Waals surface area contributed by atoms with Crippen LogP contribution in [-0.4, -0.2) is 23.6 Å². The molecule has 1 fully saturated rings. The summed E-state index contributed by atoms with van der Waals surface area (Å²) in [5.74, 6) is 0. The molecule has 7 nitrogen and oxygen atoms in total. The molecule has 1 aromatic heterocycles. The molecule has 1 atom stereocenters. The van der Waals surface area contributed by atoms with Crippen LogP contribution in [0.2, 0.25) is 0 Å². The maximum Gasteiger partial charge on any atom is 0.330 e. The number of aromatic nitrogens is 2. The monoisotopic (exact) mass is 315 g/mol. The summed E-state index contributed by atoms with van der Waals surface area (Å²) in [4.78, 5) is 23.2. The van der Waals surface area contributed by atoms with Gasteiger partial charge in [-0.05, 0) is 24.7 Å². The summed E-state index contributed by atoms with van der Waals surface area (Å²) in [7, 11) is -1.25. The van der Waals surface area contributed by atoms with Crippen LogP contribution < -0.4 is 16.0 Å². The van der Waals surface area contributed by atoms with Crippen molar-refractivity contribution in [1.29, 1.82) is 0 Å². The minimum absolute atomic E-state index is 0.0989. The van der Waals surface area contributed by atoms with Crippen molar-refractivity contribution in [3.8, 4) is 0 Å². The topological polar surface area (TPSA) is 90.2 Å². The molecule has 1 heterocycles. The number of rotatable bonds is 3. The maximum atomic E-state index is 12.4. The number of nitrogens with zero attached hydrogens (tertiary/aromatic N) is 2. The van der Waals surface area contributed by atoms with Crippen LogP contribution in [-0.2, 0) is 24.1 Å². The second kappa shape index (κ2) is 5.10. The largest absolute Gasteiger partial charge is 0.330 e. The Kier molecular flexibility index (Phi) is 3.88. The van der Waals surface area contributed by atoms with E-state index in [1.807, 2.05) is 0 Å². The average molecular weight is 315 g/mol. The SMILES string of the molecule is Cn1cc(S(=O)(=O)NC2CCC(C)(C)C2)c(=O)n(C)c1=O. The molecule has 0 spiro atoms. The van der Waals surface area contributed by atoms with Gasteiger partial charge in [-0.15, -0.1) is 0 Å². The van der Waals surface area contributed by atoms with Gasteiger partial charge >= 0.3 is 5.69 Å². The van der Waals surface area contributed by atoms with E-state index in [2.05, 4.69) is 18.6 Å². The number of nitrogens with one attached hydrogen (secondary N) is 1. The highest BCUT2D eigenvalue weighted by atomic mass is 32.2. The van der Waals surface area contributed by atoms with Crippen molar-refractivity contribution >= 4 is 10.0 Å². The average Bonchev–Trinajstić information content (AvgIpc) is 2.69. The Morgan fingerprint density at radius 2 is 1.90 bits per heavy atom. The van der Waals surface area contributed by atoms with Crippen LogP contribution in [0, 0.1) is 5.41 Å². The molecule has 1 saturated carbocycles.